The summed E-state index contributed by atoms with van der Waals surface area (Å²) >= 11 is 0. The third-order valence-corrected chi connectivity index (χ3v) is 6.46. The van der Waals surface area contributed by atoms with Crippen molar-refractivity contribution in [3.8, 4) is 0 Å². The monoisotopic (exact) mass is 233 g/mol. The van der Waals surface area contributed by atoms with E-state index in [1.54, 1.807) is 32.1 Å². The van der Waals surface area contributed by atoms with E-state index in [2.05, 4.69) is 12.4 Å². The van der Waals surface area contributed by atoms with Crippen LogP contribution >= 0.6 is 0 Å². The maximum atomic E-state index is 3.50. The summed E-state index contributed by atoms with van der Waals surface area (Å²) in [5.41, 5.74) is 0. The Hall–Kier alpha value is -0.0400. The van der Waals surface area contributed by atoms with Crippen molar-refractivity contribution in [1.29, 1.82) is 0 Å². The molecule has 5 saturated carbocycles. The van der Waals surface area contributed by atoms with Crippen LogP contribution in [-0.2, 0) is 0 Å². The Morgan fingerprint density at radius 1 is 0.941 bits per heavy atom. The fourth-order valence-electron chi connectivity index (χ4n) is 6.04. The Bertz CT molecular complexity index is 266. The molecule has 17 heavy (non-hydrogen) atoms. The van der Waals surface area contributed by atoms with E-state index >= 15 is 0 Å². The van der Waals surface area contributed by atoms with Gasteiger partial charge in [-0.1, -0.05) is 0 Å². The summed E-state index contributed by atoms with van der Waals surface area (Å²) in [4.78, 5) is 0. The Kier molecular flexibility index (Phi) is 2.54. The number of hydrogen-bond acceptors (Lipinski definition) is 1. The van der Waals surface area contributed by atoms with E-state index in [4.69, 9.17) is 0 Å². The van der Waals surface area contributed by atoms with Gasteiger partial charge in [-0.15, -0.1) is 0 Å². The third kappa shape index (κ3) is 1.77. The van der Waals surface area contributed by atoms with Crippen molar-refractivity contribution < 1.29 is 0 Å². The smallest absolute Gasteiger partial charge is 0.00180 e. The molecule has 1 N–H and O–H groups in total. The summed E-state index contributed by atoms with van der Waals surface area (Å²) in [7, 11) is 2.16. The average molecular weight is 233 g/mol. The minimum absolute atomic E-state index is 1.04. The zero-order valence-electron chi connectivity index (χ0n) is 11.2. The van der Waals surface area contributed by atoms with Gasteiger partial charge in [0.1, 0.15) is 0 Å². The van der Waals surface area contributed by atoms with E-state index in [1.807, 2.05) is 0 Å². The second kappa shape index (κ2) is 3.98. The molecule has 0 aromatic heterocycles. The van der Waals surface area contributed by atoms with E-state index in [0.29, 0.717) is 0 Å². The van der Waals surface area contributed by atoms with E-state index < -0.39 is 0 Å². The molecule has 0 aromatic carbocycles. The number of rotatable bonds is 4. The maximum absolute atomic E-state index is 3.50. The highest BCUT2D eigenvalue weighted by atomic mass is 14.8. The van der Waals surface area contributed by atoms with Crippen LogP contribution in [0, 0.1) is 41.4 Å². The minimum atomic E-state index is 1.04. The summed E-state index contributed by atoms with van der Waals surface area (Å²) in [6.07, 6.45) is 11.1. The van der Waals surface area contributed by atoms with E-state index in [1.165, 1.54) is 19.4 Å². The maximum Gasteiger partial charge on any atom is -0.00180 e. The molecule has 0 saturated heterocycles. The van der Waals surface area contributed by atoms with E-state index in [9.17, 15) is 0 Å². The van der Waals surface area contributed by atoms with Gasteiger partial charge in [0.25, 0.3) is 0 Å². The van der Waals surface area contributed by atoms with Gasteiger partial charge in [-0.25, -0.2) is 0 Å². The van der Waals surface area contributed by atoms with E-state index in [-0.39, 0.29) is 0 Å². The van der Waals surface area contributed by atoms with Crippen LogP contribution in [0.3, 0.4) is 0 Å². The first-order valence-corrected chi connectivity index (χ1v) is 7.99. The standard InChI is InChI=1S/C16H27N/c1-17-9-15(12-2-3-12)16-13-5-10-4-11(7-13)8-14(16)6-10/h10-17H,2-9H2,1H3. The second-order valence-electron chi connectivity index (χ2n) is 7.57. The molecule has 1 atom stereocenters. The van der Waals surface area contributed by atoms with E-state index in [0.717, 1.165) is 41.4 Å². The SMILES string of the molecule is CNCC(C1CC1)C1C2CC3CC(C2)CC1C3. The Morgan fingerprint density at radius 2 is 1.53 bits per heavy atom. The summed E-state index contributed by atoms with van der Waals surface area (Å²) in [5, 5.41) is 3.50. The lowest BCUT2D eigenvalue weighted by molar-refractivity contribution is -0.0651. The summed E-state index contributed by atoms with van der Waals surface area (Å²) < 4.78 is 0. The summed E-state index contributed by atoms with van der Waals surface area (Å²) in [6, 6.07) is 0. The molecule has 1 nitrogen and oxygen atoms in total. The molecule has 0 radical (unpaired) electrons. The number of hydrogen-bond donors (Lipinski definition) is 1. The van der Waals surface area contributed by atoms with Crippen LogP contribution in [0.2, 0.25) is 0 Å². The quantitative estimate of drug-likeness (QED) is 0.785. The van der Waals surface area contributed by atoms with Crippen LogP contribution in [-0.4, -0.2) is 13.6 Å². The van der Waals surface area contributed by atoms with Crippen molar-refractivity contribution in [2.45, 2.75) is 44.9 Å². The summed E-state index contributed by atoms with van der Waals surface area (Å²) in [6.45, 7) is 1.30. The van der Waals surface area contributed by atoms with Crippen LogP contribution in [0.25, 0.3) is 0 Å². The molecular weight excluding hydrogens is 206 g/mol. The zero-order chi connectivity index (χ0) is 11.4. The van der Waals surface area contributed by atoms with Gasteiger partial charge in [0.05, 0.1) is 0 Å². The molecule has 0 aromatic rings. The molecule has 5 fully saturated rings. The highest BCUT2D eigenvalue weighted by Gasteiger charge is 2.52. The lowest BCUT2D eigenvalue weighted by Gasteiger charge is -2.56. The highest BCUT2D eigenvalue weighted by Crippen LogP contribution is 2.60. The molecule has 0 spiro atoms. The topological polar surface area (TPSA) is 12.0 Å². The second-order valence-corrected chi connectivity index (χ2v) is 7.57. The minimum Gasteiger partial charge on any atom is -0.319 e. The van der Waals surface area contributed by atoms with Gasteiger partial charge >= 0.3 is 0 Å². The lowest BCUT2D eigenvalue weighted by Crippen LogP contribution is -2.49. The van der Waals surface area contributed by atoms with Crippen molar-refractivity contribution in [2.75, 3.05) is 13.6 Å². The molecule has 1 heteroatoms. The first-order chi connectivity index (χ1) is 8.35. The van der Waals surface area contributed by atoms with Crippen LogP contribution in [0.4, 0.5) is 0 Å². The van der Waals surface area contributed by atoms with Crippen LogP contribution in [0.1, 0.15) is 44.9 Å². The van der Waals surface area contributed by atoms with Crippen LogP contribution < -0.4 is 5.32 Å². The fraction of sp³-hybridized carbons (Fsp3) is 1.00. The normalized spacial score (nSPS) is 49.6. The average Bonchev–Trinajstić information content (AvgIpc) is 3.10. The van der Waals surface area contributed by atoms with Crippen molar-refractivity contribution in [3.05, 3.63) is 0 Å². The van der Waals surface area contributed by atoms with Gasteiger partial charge in [-0.2, -0.15) is 0 Å². The Labute approximate surface area is 106 Å². The molecule has 96 valence electrons. The highest BCUT2D eigenvalue weighted by molar-refractivity contribution is 5.02. The van der Waals surface area contributed by atoms with Gasteiger partial charge in [-0.05, 0) is 100.0 Å². The molecule has 1 unspecified atom stereocenters. The fourth-order valence-corrected chi connectivity index (χ4v) is 6.04. The van der Waals surface area contributed by atoms with Crippen molar-refractivity contribution in [1.82, 2.24) is 5.32 Å². The first-order valence-electron chi connectivity index (χ1n) is 7.99. The van der Waals surface area contributed by atoms with Crippen LogP contribution in [0.15, 0.2) is 0 Å². The molecule has 0 amide bonds. The predicted molar refractivity (Wildman–Crippen MR) is 70.7 cm³/mol. The van der Waals surface area contributed by atoms with Crippen LogP contribution in [0.5, 0.6) is 0 Å². The summed E-state index contributed by atoms with van der Waals surface area (Å²) in [5.74, 6) is 7.80. The molecule has 4 bridgehead atoms. The van der Waals surface area contributed by atoms with Crippen molar-refractivity contribution in [3.63, 3.8) is 0 Å². The van der Waals surface area contributed by atoms with Crippen molar-refractivity contribution >= 4 is 0 Å². The number of nitrogens with one attached hydrogen (secondary N) is 1. The van der Waals surface area contributed by atoms with Gasteiger partial charge in [0.15, 0.2) is 0 Å². The van der Waals surface area contributed by atoms with Gasteiger partial charge in [-0.3, -0.25) is 0 Å². The molecular formula is C16H27N. The molecule has 5 rings (SSSR count). The molecule has 0 aliphatic heterocycles. The van der Waals surface area contributed by atoms with Crippen molar-refractivity contribution in [2.24, 2.45) is 41.4 Å². The Balaban J connectivity index is 1.56. The zero-order valence-corrected chi connectivity index (χ0v) is 11.2. The van der Waals surface area contributed by atoms with Gasteiger partial charge in [0, 0.05) is 0 Å². The molecule has 0 heterocycles. The molecule has 5 aliphatic rings. The van der Waals surface area contributed by atoms with Gasteiger partial charge < -0.3 is 5.32 Å². The Morgan fingerprint density at radius 3 is 2.00 bits per heavy atom. The largest absolute Gasteiger partial charge is 0.319 e. The third-order valence-electron chi connectivity index (χ3n) is 6.46. The predicted octanol–water partition coefficient (Wildman–Crippen LogP) is 3.30. The molecule has 5 aliphatic carbocycles. The first kappa shape index (κ1) is 10.8. The lowest BCUT2D eigenvalue weighted by atomic mass is 9.49. The van der Waals surface area contributed by atoms with Gasteiger partial charge in [0.2, 0.25) is 0 Å².